The smallest absolute Gasteiger partial charge is 0.235 e. The summed E-state index contributed by atoms with van der Waals surface area (Å²) in [7, 11) is 1.56. The molecule has 1 aliphatic heterocycles. The van der Waals surface area contributed by atoms with E-state index in [1.54, 1.807) is 7.05 Å². The molecule has 93 valence electrons. The number of phenols is 1. The molecule has 0 aromatic heterocycles. The van der Waals surface area contributed by atoms with Crippen LogP contribution in [0.2, 0.25) is 0 Å². The van der Waals surface area contributed by atoms with Gasteiger partial charge in [0.25, 0.3) is 0 Å². The van der Waals surface area contributed by atoms with E-state index in [1.807, 2.05) is 22.6 Å². The molecule has 6 heteroatoms. The number of amides is 1. The van der Waals surface area contributed by atoms with Crippen molar-refractivity contribution >= 4 is 34.2 Å². The molecule has 3 nitrogen and oxygen atoms in total. The predicted molar refractivity (Wildman–Crippen MR) is 69.9 cm³/mol. The number of phenolic OH excluding ortho intramolecular Hbond substituents is 1. The summed E-state index contributed by atoms with van der Waals surface area (Å²) in [4.78, 5) is 13.1. The van der Waals surface area contributed by atoms with Crippen LogP contribution in [0.25, 0.3) is 5.70 Å². The van der Waals surface area contributed by atoms with E-state index in [2.05, 4.69) is 6.08 Å². The molecule has 2 rings (SSSR count). The molecule has 0 bridgehead atoms. The molecule has 0 saturated heterocycles. The normalized spacial score (nSPS) is 19.3. The van der Waals surface area contributed by atoms with Crippen LogP contribution >= 0.6 is 22.6 Å². The average Bonchev–Trinajstić information content (AvgIpc) is 2.29. The Kier molecular flexibility index (Phi) is 5.74. The molecule has 1 unspecified atom stereocenters. The first kappa shape index (κ1) is 16.0. The summed E-state index contributed by atoms with van der Waals surface area (Å²) < 4.78 is 13.5. The van der Waals surface area contributed by atoms with E-state index in [0.29, 0.717) is 12.1 Å². The number of aromatic hydroxyl groups is 1. The molecule has 0 fully saturated rings. The van der Waals surface area contributed by atoms with Crippen molar-refractivity contribution in [3.8, 4) is 5.75 Å². The number of benzene rings is 1. The van der Waals surface area contributed by atoms with Gasteiger partial charge >= 0.3 is 0 Å². The Morgan fingerprint density at radius 3 is 2.83 bits per heavy atom. The molecule has 1 N–H and O–H groups in total. The summed E-state index contributed by atoms with van der Waals surface area (Å²) in [5.41, 5.74) is 0.338. The largest absolute Gasteiger partial charge is 0.526 e. The first-order valence-corrected chi connectivity index (χ1v) is 6.27. The van der Waals surface area contributed by atoms with Crippen molar-refractivity contribution in [2.24, 2.45) is 0 Å². The Morgan fingerprint density at radius 1 is 1.56 bits per heavy atom. The van der Waals surface area contributed by atoms with Crippen LogP contribution in [0.3, 0.4) is 0 Å². The van der Waals surface area contributed by atoms with E-state index in [4.69, 9.17) is 0 Å². The maximum Gasteiger partial charge on any atom is 0.235 e. The number of hydrogen-bond acceptors (Lipinski definition) is 2. The average molecular weight is 435 g/mol. The minimum absolute atomic E-state index is 0. The minimum Gasteiger partial charge on any atom is -0.526 e. The molecule has 1 aromatic rings. The quantitative estimate of drug-likeness (QED) is 0.418. The van der Waals surface area contributed by atoms with E-state index in [0.717, 1.165) is 0 Å². The van der Waals surface area contributed by atoms with Gasteiger partial charge in [-0.25, -0.2) is 10.5 Å². The first-order valence-electron chi connectivity index (χ1n) is 5.02. The summed E-state index contributed by atoms with van der Waals surface area (Å²) >= 11 is 2.02. The number of hydrogen-bond donors (Lipinski definition) is 1. The van der Waals surface area contributed by atoms with Crippen LogP contribution in [0.5, 0.6) is 5.75 Å². The van der Waals surface area contributed by atoms with Gasteiger partial charge in [-0.05, 0) is 12.1 Å². The zero-order valence-electron chi connectivity index (χ0n) is 9.65. The molecule has 1 heterocycles. The van der Waals surface area contributed by atoms with Crippen LogP contribution in [0.15, 0.2) is 18.2 Å². The van der Waals surface area contributed by atoms with Gasteiger partial charge in [-0.3, -0.25) is 4.79 Å². The summed E-state index contributed by atoms with van der Waals surface area (Å²) in [5.74, 6) is -0.847. The summed E-state index contributed by atoms with van der Waals surface area (Å²) in [6.07, 6.45) is 3.38. The molecular weight excluding hydrogens is 425 g/mol. The van der Waals surface area contributed by atoms with Gasteiger partial charge in [0.1, 0.15) is 0 Å². The van der Waals surface area contributed by atoms with Crippen LogP contribution in [-0.2, 0) is 37.5 Å². The van der Waals surface area contributed by atoms with Crippen molar-refractivity contribution in [1.29, 1.82) is 0 Å². The van der Waals surface area contributed by atoms with Gasteiger partial charge in [-0.1, -0.05) is 40.6 Å². The summed E-state index contributed by atoms with van der Waals surface area (Å²) in [5, 5.41) is 9.67. The topological polar surface area (TPSA) is 40.5 Å². The fourth-order valence-electron chi connectivity index (χ4n) is 1.72. The fourth-order valence-corrected chi connectivity index (χ4v) is 2.35. The molecule has 1 atom stereocenters. The SMILES string of the molecule is CN1C(=O)C(I)C[C-]=C1c1c(O)cccc1F.[Y]. The van der Waals surface area contributed by atoms with Crippen LogP contribution in [0, 0.1) is 11.9 Å². The van der Waals surface area contributed by atoms with E-state index < -0.39 is 5.82 Å². The Bertz CT molecular complexity index is 487. The van der Waals surface area contributed by atoms with Gasteiger partial charge in [0.15, 0.2) is 0 Å². The maximum absolute atomic E-state index is 13.7. The number of allylic oxidation sites excluding steroid dienone is 1. The number of carbonyl (C=O) groups excluding carboxylic acids is 1. The molecule has 1 radical (unpaired) electrons. The van der Waals surface area contributed by atoms with Crippen molar-refractivity contribution in [3.05, 3.63) is 35.7 Å². The van der Waals surface area contributed by atoms with Gasteiger partial charge in [-0.2, -0.15) is 0 Å². The third-order valence-electron chi connectivity index (χ3n) is 2.61. The van der Waals surface area contributed by atoms with Crippen molar-refractivity contribution in [1.82, 2.24) is 4.90 Å². The molecule has 0 aliphatic carbocycles. The van der Waals surface area contributed by atoms with Gasteiger partial charge in [0.05, 0.1) is 9.74 Å². The van der Waals surface area contributed by atoms with Crippen molar-refractivity contribution in [3.63, 3.8) is 0 Å². The second kappa shape index (κ2) is 6.43. The van der Waals surface area contributed by atoms with Gasteiger partial charge in [0.2, 0.25) is 5.91 Å². The number of carbonyl (C=O) groups is 1. The third-order valence-corrected chi connectivity index (χ3v) is 3.58. The first-order chi connectivity index (χ1) is 8.02. The minimum atomic E-state index is -0.556. The second-order valence-electron chi connectivity index (χ2n) is 3.73. The van der Waals surface area contributed by atoms with E-state index in [1.165, 1.54) is 23.1 Å². The number of rotatable bonds is 1. The van der Waals surface area contributed by atoms with Crippen LogP contribution in [0.4, 0.5) is 4.39 Å². The van der Waals surface area contributed by atoms with Gasteiger partial charge in [0, 0.05) is 45.5 Å². The zero-order chi connectivity index (χ0) is 12.6. The summed E-state index contributed by atoms with van der Waals surface area (Å²) in [6.45, 7) is 0. The van der Waals surface area contributed by atoms with Crippen molar-refractivity contribution < 1.29 is 47.0 Å². The zero-order valence-corrected chi connectivity index (χ0v) is 14.6. The second-order valence-corrected chi connectivity index (χ2v) is 5.23. The van der Waals surface area contributed by atoms with Crippen LogP contribution < -0.4 is 0 Å². The van der Waals surface area contributed by atoms with Gasteiger partial charge < -0.3 is 10.0 Å². The van der Waals surface area contributed by atoms with Gasteiger partial charge in [-0.15, -0.1) is 5.70 Å². The fraction of sp³-hybridized carbons (Fsp3) is 0.250. The third kappa shape index (κ3) is 2.94. The molecule has 1 aromatic carbocycles. The monoisotopic (exact) mass is 435 g/mol. The Labute approximate surface area is 143 Å². The molecule has 0 saturated carbocycles. The van der Waals surface area contributed by atoms with E-state index in [-0.39, 0.29) is 53.9 Å². The van der Waals surface area contributed by atoms with Crippen molar-refractivity contribution in [2.45, 2.75) is 10.3 Å². The molecule has 18 heavy (non-hydrogen) atoms. The molecular formula is C12H10FINO2Y-. The number of nitrogens with zero attached hydrogens (tertiary/aromatic N) is 1. The standard InChI is InChI=1S/C12H10FINO2.Y/c1-15-9(6-5-8(14)12(15)17)11-7(13)3-2-4-10(11)16;/h2-4,8,16H,5H2,1H3;/q-1;. The van der Waals surface area contributed by atoms with E-state index >= 15 is 0 Å². The van der Waals surface area contributed by atoms with Crippen LogP contribution in [0.1, 0.15) is 12.0 Å². The predicted octanol–water partition coefficient (Wildman–Crippen LogP) is 2.34. The Hall–Kier alpha value is -0.00610. The Morgan fingerprint density at radius 2 is 2.22 bits per heavy atom. The number of halogens is 2. The maximum atomic E-state index is 13.7. The summed E-state index contributed by atoms with van der Waals surface area (Å²) in [6, 6.07) is 4.06. The molecule has 1 aliphatic rings. The van der Waals surface area contributed by atoms with Crippen molar-refractivity contribution in [2.75, 3.05) is 7.05 Å². The van der Waals surface area contributed by atoms with E-state index in [9.17, 15) is 14.3 Å². The molecule has 0 spiro atoms. The number of alkyl halides is 1. The Balaban J connectivity index is 0.00000162. The van der Waals surface area contributed by atoms with Crippen LogP contribution in [-0.4, -0.2) is 26.9 Å². The molecule has 1 amide bonds.